The van der Waals surface area contributed by atoms with Gasteiger partial charge in [-0.05, 0) is 48.4 Å². The Morgan fingerprint density at radius 3 is 1.87 bits per heavy atom. The van der Waals surface area contributed by atoms with Crippen LogP contribution < -0.4 is 10.1 Å². The van der Waals surface area contributed by atoms with Crippen molar-refractivity contribution in [2.45, 2.75) is 31.7 Å². The van der Waals surface area contributed by atoms with Gasteiger partial charge in [-0.3, -0.25) is 0 Å². The first-order valence-electron chi connectivity index (χ1n) is 14.0. The number of hydrogen-bond donors (Lipinski definition) is 1. The lowest BCUT2D eigenvalue weighted by atomic mass is 9.91. The Labute approximate surface area is 231 Å². The maximum absolute atomic E-state index is 13.2. The molecule has 0 aliphatic carbocycles. The number of carbonyl (C=O) groups is 2. The monoisotopic (exact) mass is 526 g/mol. The Morgan fingerprint density at radius 2 is 1.26 bits per heavy atom. The van der Waals surface area contributed by atoms with E-state index < -0.39 is 12.0 Å². The molecule has 1 atom stereocenters. The summed E-state index contributed by atoms with van der Waals surface area (Å²) in [6.07, 6.45) is 3.91. The van der Waals surface area contributed by atoms with Crippen molar-refractivity contribution in [3.05, 3.63) is 102 Å². The van der Waals surface area contributed by atoms with Gasteiger partial charge in [-0.15, -0.1) is 0 Å². The maximum atomic E-state index is 13.2. The molecule has 39 heavy (non-hydrogen) atoms. The molecule has 3 aromatic carbocycles. The number of carbonyl (C=O) groups excluding carboxylic acids is 2. The number of nitrogens with zero attached hydrogens (tertiary/aromatic N) is 3. The molecule has 0 saturated carbocycles. The molecule has 1 unspecified atom stereocenters. The van der Waals surface area contributed by atoms with E-state index in [9.17, 15) is 9.59 Å². The van der Waals surface area contributed by atoms with E-state index >= 15 is 0 Å². The molecule has 7 nitrogen and oxygen atoms in total. The number of rotatable bonds is 8. The van der Waals surface area contributed by atoms with Crippen molar-refractivity contribution in [2.75, 3.05) is 39.3 Å². The number of para-hydroxylation sites is 1. The molecule has 2 saturated heterocycles. The van der Waals surface area contributed by atoms with Crippen LogP contribution in [-0.4, -0.2) is 72.2 Å². The fraction of sp³-hybridized carbons (Fsp3) is 0.375. The van der Waals surface area contributed by atoms with Gasteiger partial charge in [-0.1, -0.05) is 78.9 Å². The summed E-state index contributed by atoms with van der Waals surface area (Å²) in [5.74, 6) is 0.735. The van der Waals surface area contributed by atoms with Gasteiger partial charge < -0.3 is 15.0 Å². The van der Waals surface area contributed by atoms with Gasteiger partial charge in [0, 0.05) is 45.7 Å². The largest absolute Gasteiger partial charge is 0.425 e. The molecule has 2 fully saturated rings. The third-order valence-electron chi connectivity index (χ3n) is 7.73. The highest BCUT2D eigenvalue weighted by Gasteiger charge is 2.30. The van der Waals surface area contributed by atoms with Gasteiger partial charge in [-0.2, -0.15) is 0 Å². The van der Waals surface area contributed by atoms with Gasteiger partial charge in [0.25, 0.3) is 0 Å². The summed E-state index contributed by atoms with van der Waals surface area (Å²) < 4.78 is 5.59. The Hall–Kier alpha value is -3.68. The number of benzene rings is 3. The number of hydrogen-bond acceptors (Lipinski definition) is 5. The molecular weight excluding hydrogens is 488 g/mol. The predicted molar refractivity (Wildman–Crippen MR) is 152 cm³/mol. The topological polar surface area (TPSA) is 65.1 Å². The van der Waals surface area contributed by atoms with Gasteiger partial charge in [0.05, 0.1) is 0 Å². The quantitative estimate of drug-likeness (QED) is 0.348. The molecule has 0 aromatic heterocycles. The third-order valence-corrected chi connectivity index (χ3v) is 7.73. The zero-order chi connectivity index (χ0) is 26.9. The third kappa shape index (κ3) is 7.68. The molecule has 0 radical (unpaired) electrons. The minimum atomic E-state index is -0.776. The van der Waals surface area contributed by atoms with Crippen LogP contribution in [-0.2, 0) is 17.6 Å². The zero-order valence-corrected chi connectivity index (χ0v) is 22.5. The summed E-state index contributed by atoms with van der Waals surface area (Å²) in [5.41, 5.74) is 2.39. The second-order valence-corrected chi connectivity index (χ2v) is 10.5. The average Bonchev–Trinajstić information content (AvgIpc) is 2.99. The summed E-state index contributed by atoms with van der Waals surface area (Å²) in [6, 6.07) is 28.5. The van der Waals surface area contributed by atoms with E-state index in [4.69, 9.17) is 4.74 Å². The summed E-state index contributed by atoms with van der Waals surface area (Å²) >= 11 is 0. The first kappa shape index (κ1) is 26.9. The number of urea groups is 1. The van der Waals surface area contributed by atoms with Crippen molar-refractivity contribution >= 4 is 12.0 Å². The summed E-state index contributed by atoms with van der Waals surface area (Å²) in [5, 5.41) is 7.82. The Bertz CT molecular complexity index is 1180. The van der Waals surface area contributed by atoms with Crippen LogP contribution in [0.2, 0.25) is 0 Å². The van der Waals surface area contributed by atoms with E-state index in [0.717, 1.165) is 44.1 Å². The van der Waals surface area contributed by atoms with E-state index in [2.05, 4.69) is 45.7 Å². The van der Waals surface area contributed by atoms with E-state index in [1.54, 1.807) is 12.1 Å². The molecule has 2 aliphatic rings. The van der Waals surface area contributed by atoms with Crippen LogP contribution in [0.15, 0.2) is 91.0 Å². The summed E-state index contributed by atoms with van der Waals surface area (Å²) in [7, 11) is 0. The van der Waals surface area contributed by atoms with E-state index in [1.807, 2.05) is 53.4 Å². The first-order valence-corrected chi connectivity index (χ1v) is 14.0. The molecule has 2 aliphatic heterocycles. The Morgan fingerprint density at radius 1 is 0.718 bits per heavy atom. The fourth-order valence-corrected chi connectivity index (χ4v) is 5.49. The van der Waals surface area contributed by atoms with Crippen LogP contribution in [0.3, 0.4) is 0 Å². The number of nitrogens with one attached hydrogen (secondary N) is 1. The standard InChI is InChI=1S/C32H38N4O3/c37-31(39-29-14-8-3-9-15-29)30(25-27-12-6-2-7-13-27)33-32(38)34-20-22-36(23-21-34)35-18-16-28(17-19-35)24-26-10-4-1-5-11-26/h1-15,28,30H,16-25H2,(H,33,38). The van der Waals surface area contributed by atoms with Crippen LogP contribution in [0.25, 0.3) is 0 Å². The number of piperidine rings is 1. The van der Waals surface area contributed by atoms with Crippen LogP contribution in [0.5, 0.6) is 5.75 Å². The Kier molecular flexibility index (Phi) is 9.25. The second kappa shape index (κ2) is 13.4. The molecule has 3 aromatic rings. The molecule has 2 heterocycles. The summed E-state index contributed by atoms with van der Waals surface area (Å²) in [4.78, 5) is 28.1. The molecule has 204 valence electrons. The lowest BCUT2D eigenvalue weighted by Gasteiger charge is -2.44. The van der Waals surface area contributed by atoms with Crippen molar-refractivity contribution in [1.29, 1.82) is 0 Å². The number of amides is 2. The molecule has 7 heteroatoms. The highest BCUT2D eigenvalue weighted by Crippen LogP contribution is 2.23. The number of esters is 1. The van der Waals surface area contributed by atoms with Crippen molar-refractivity contribution in [1.82, 2.24) is 20.2 Å². The van der Waals surface area contributed by atoms with Crippen molar-refractivity contribution in [3.63, 3.8) is 0 Å². The van der Waals surface area contributed by atoms with Gasteiger partial charge in [0.1, 0.15) is 11.8 Å². The van der Waals surface area contributed by atoms with E-state index in [0.29, 0.717) is 25.3 Å². The molecule has 2 amide bonds. The molecule has 0 spiro atoms. The van der Waals surface area contributed by atoms with Crippen molar-refractivity contribution in [2.24, 2.45) is 5.92 Å². The SMILES string of the molecule is O=C(Oc1ccccc1)C(Cc1ccccc1)NC(=O)N1CCN(N2CCC(Cc3ccccc3)CC2)CC1. The van der Waals surface area contributed by atoms with E-state index in [1.165, 1.54) is 18.4 Å². The van der Waals surface area contributed by atoms with Gasteiger partial charge in [0.2, 0.25) is 0 Å². The van der Waals surface area contributed by atoms with Crippen LogP contribution in [0.4, 0.5) is 4.79 Å². The van der Waals surface area contributed by atoms with Crippen LogP contribution in [0, 0.1) is 5.92 Å². The summed E-state index contributed by atoms with van der Waals surface area (Å²) in [6.45, 7) is 4.98. The minimum Gasteiger partial charge on any atom is -0.425 e. The lowest BCUT2D eigenvalue weighted by Crippen LogP contribution is -2.59. The lowest BCUT2D eigenvalue weighted by molar-refractivity contribution is -0.136. The molecule has 0 bridgehead atoms. The first-order chi connectivity index (χ1) is 19.1. The van der Waals surface area contributed by atoms with Gasteiger partial charge in [0.15, 0.2) is 0 Å². The number of hydrazine groups is 1. The molecule has 5 rings (SSSR count). The van der Waals surface area contributed by atoms with Gasteiger partial charge in [-0.25, -0.2) is 19.6 Å². The normalized spacial score (nSPS) is 17.9. The molecule has 1 N–H and O–H groups in total. The number of ether oxygens (including phenoxy) is 1. The Balaban J connectivity index is 1.11. The highest BCUT2D eigenvalue weighted by molar-refractivity contribution is 5.85. The van der Waals surface area contributed by atoms with Crippen LogP contribution >= 0.6 is 0 Å². The molecular formula is C32H38N4O3. The number of piperazine rings is 1. The average molecular weight is 527 g/mol. The van der Waals surface area contributed by atoms with Gasteiger partial charge >= 0.3 is 12.0 Å². The zero-order valence-electron chi connectivity index (χ0n) is 22.5. The second-order valence-electron chi connectivity index (χ2n) is 10.5. The van der Waals surface area contributed by atoms with Crippen molar-refractivity contribution < 1.29 is 14.3 Å². The fourth-order valence-electron chi connectivity index (χ4n) is 5.49. The predicted octanol–water partition coefficient (Wildman–Crippen LogP) is 4.40. The van der Waals surface area contributed by atoms with Crippen LogP contribution in [0.1, 0.15) is 24.0 Å². The minimum absolute atomic E-state index is 0.220. The van der Waals surface area contributed by atoms with Crippen molar-refractivity contribution in [3.8, 4) is 5.75 Å². The van der Waals surface area contributed by atoms with E-state index in [-0.39, 0.29) is 6.03 Å². The smallest absolute Gasteiger partial charge is 0.334 e. The maximum Gasteiger partial charge on any atom is 0.334 e. The highest BCUT2D eigenvalue weighted by atomic mass is 16.5.